The first-order valence-electron chi connectivity index (χ1n) is 21.8. The van der Waals surface area contributed by atoms with Gasteiger partial charge in [0, 0.05) is 61.0 Å². The Kier molecular flexibility index (Phi) is 4.93. The van der Waals surface area contributed by atoms with E-state index in [4.69, 9.17) is 4.98 Å². The highest BCUT2D eigenvalue weighted by atomic mass is 16.1. The van der Waals surface area contributed by atoms with Crippen LogP contribution in [0, 0.1) is 0 Å². The number of fused-ring (bicyclic) bond motifs is 20. The summed E-state index contributed by atoms with van der Waals surface area (Å²) in [6.07, 6.45) is 1.96. The van der Waals surface area contributed by atoms with Crippen LogP contribution in [-0.2, 0) is 10.8 Å². The fourth-order valence-electron chi connectivity index (χ4n) is 14.8. The second kappa shape index (κ2) is 9.77. The summed E-state index contributed by atoms with van der Waals surface area (Å²) < 4.78 is 4.61. The third kappa shape index (κ3) is 2.92. The van der Waals surface area contributed by atoms with Crippen LogP contribution in [0.1, 0.15) is 100 Å². The number of ketones is 2. The molecular formula is C57H31N3O2. The fourth-order valence-corrected chi connectivity index (χ4v) is 14.8. The lowest BCUT2D eigenvalue weighted by atomic mass is 9.36. The molecule has 62 heavy (non-hydrogen) atoms. The molecule has 3 heterocycles. The molecule has 17 rings (SSSR count). The normalized spacial score (nSPS) is 25.0. The molecule has 11 aromatic rings. The number of benzene rings is 8. The molecule has 8 aromatic carbocycles. The Morgan fingerprint density at radius 2 is 0.903 bits per heavy atom. The van der Waals surface area contributed by atoms with Gasteiger partial charge >= 0.3 is 0 Å². The van der Waals surface area contributed by atoms with Gasteiger partial charge in [-0.3, -0.25) is 14.2 Å². The van der Waals surface area contributed by atoms with Gasteiger partial charge in [0.1, 0.15) is 6.33 Å². The second-order valence-electron chi connectivity index (χ2n) is 18.8. The Morgan fingerprint density at radius 1 is 0.435 bits per heavy atom. The molecule has 6 aliphatic rings. The topological polar surface area (TPSA) is 56.4 Å². The predicted octanol–water partition coefficient (Wildman–Crippen LogP) is 11.6. The molecule has 0 aliphatic heterocycles. The van der Waals surface area contributed by atoms with Crippen molar-refractivity contribution in [1.29, 1.82) is 0 Å². The first-order valence-corrected chi connectivity index (χ1v) is 21.8. The molecule has 3 aromatic heterocycles. The summed E-state index contributed by atoms with van der Waals surface area (Å²) in [7, 11) is 0. The summed E-state index contributed by atoms with van der Waals surface area (Å²) in [6.45, 7) is 0. The minimum Gasteiger partial charge on any atom is -0.308 e. The molecular weight excluding hydrogens is 759 g/mol. The van der Waals surface area contributed by atoms with Gasteiger partial charge < -0.3 is 4.40 Å². The van der Waals surface area contributed by atoms with E-state index in [1.807, 2.05) is 12.4 Å². The lowest BCUT2D eigenvalue weighted by Gasteiger charge is -2.64. The van der Waals surface area contributed by atoms with Gasteiger partial charge in [0.15, 0.2) is 11.6 Å². The zero-order valence-electron chi connectivity index (χ0n) is 33.1. The molecule has 0 bridgehead atoms. The predicted molar refractivity (Wildman–Crippen MR) is 241 cm³/mol. The number of Topliss-reactive ketones (excluding diaryl/α,β-unsaturated/α-hetero) is 2. The number of imidazole rings is 1. The van der Waals surface area contributed by atoms with Gasteiger partial charge in [0.2, 0.25) is 0 Å². The molecule has 2 spiro atoms. The van der Waals surface area contributed by atoms with E-state index in [2.05, 4.69) is 161 Å². The van der Waals surface area contributed by atoms with E-state index >= 15 is 9.59 Å². The maximum atomic E-state index is 15.3. The van der Waals surface area contributed by atoms with Gasteiger partial charge in [0.05, 0.1) is 39.4 Å². The van der Waals surface area contributed by atoms with Crippen LogP contribution >= 0.6 is 0 Å². The second-order valence-corrected chi connectivity index (χ2v) is 18.8. The lowest BCUT2D eigenvalue weighted by molar-refractivity contribution is 0.0839. The average Bonchev–Trinajstić information content (AvgIpc) is 3.96. The summed E-state index contributed by atoms with van der Waals surface area (Å²) in [5.41, 5.74) is 19.4. The highest BCUT2D eigenvalue weighted by molar-refractivity contribution is 6.32. The van der Waals surface area contributed by atoms with Crippen molar-refractivity contribution in [2.45, 2.75) is 34.5 Å². The summed E-state index contributed by atoms with van der Waals surface area (Å²) >= 11 is 0. The van der Waals surface area contributed by atoms with Gasteiger partial charge in [0.25, 0.3) is 0 Å². The van der Waals surface area contributed by atoms with Gasteiger partial charge in [-0.05, 0) is 98.1 Å². The SMILES string of the molecule is O=C1c2cc3c(cc2C2c4ccccc4C24c2ccccc2C14)c1cc2ncn(-c4ccccc4)c2c2c4cc5c(cc4n3c12)C(=O)C1c2ccccc2C12c1ccccc1C52. The van der Waals surface area contributed by atoms with E-state index in [1.54, 1.807) is 0 Å². The third-order valence-corrected chi connectivity index (χ3v) is 16.8. The first-order chi connectivity index (χ1) is 30.6. The van der Waals surface area contributed by atoms with Crippen LogP contribution in [0.2, 0.25) is 0 Å². The molecule has 0 amide bonds. The third-order valence-electron chi connectivity index (χ3n) is 16.8. The standard InChI is InChI=1S/C57H31N3O2/c61-54-37-25-45-33(22-34(37)48-29-14-4-8-18-40(29)56(48)42-20-10-6-16-31(42)50(54)56)36-24-44-53(59(27-58-44)28-12-2-1-3-13-28)47-39-23-35-38(26-46(39)60(45)52(36)47)55(62)51-32-17-7-11-21-43(32)57(51)41-19-9-5-15-30(41)49(35)57/h1-27,48-51H. The number of nitrogens with zero attached hydrogens (tertiary/aromatic N) is 3. The largest absolute Gasteiger partial charge is 0.308 e. The number of rotatable bonds is 1. The average molecular weight is 790 g/mol. The molecule has 286 valence electrons. The first kappa shape index (κ1) is 31.3. The Balaban J connectivity index is 1.01. The van der Waals surface area contributed by atoms with Crippen molar-refractivity contribution in [3.8, 4) is 5.69 Å². The number of carbonyl (C=O) groups excluding carboxylic acids is 2. The Bertz CT molecular complexity index is 4020. The maximum absolute atomic E-state index is 15.3. The Morgan fingerprint density at radius 3 is 1.45 bits per heavy atom. The van der Waals surface area contributed by atoms with E-state index in [-0.39, 0.29) is 46.1 Å². The molecule has 6 aliphatic carbocycles. The van der Waals surface area contributed by atoms with Crippen molar-refractivity contribution in [3.05, 3.63) is 231 Å². The van der Waals surface area contributed by atoms with E-state index < -0.39 is 0 Å². The fraction of sp³-hybridized carbons (Fsp3) is 0.105. The summed E-state index contributed by atoms with van der Waals surface area (Å²) in [5.74, 6) is 0.128. The minimum atomic E-state index is -0.353. The van der Waals surface area contributed by atoms with Crippen molar-refractivity contribution in [1.82, 2.24) is 14.0 Å². The van der Waals surface area contributed by atoms with E-state index in [1.165, 1.54) is 33.4 Å². The van der Waals surface area contributed by atoms with E-state index in [9.17, 15) is 0 Å². The number of aromatic nitrogens is 3. The van der Waals surface area contributed by atoms with Crippen LogP contribution in [0.4, 0.5) is 0 Å². The Labute approximate surface area is 353 Å². The van der Waals surface area contributed by atoms with Crippen LogP contribution in [-0.4, -0.2) is 25.5 Å². The van der Waals surface area contributed by atoms with E-state index in [0.29, 0.717) is 0 Å². The van der Waals surface area contributed by atoms with Crippen molar-refractivity contribution in [2.75, 3.05) is 0 Å². The number of carbonyl (C=O) groups is 2. The van der Waals surface area contributed by atoms with Crippen LogP contribution in [0.15, 0.2) is 164 Å². The van der Waals surface area contributed by atoms with Crippen LogP contribution < -0.4 is 0 Å². The monoisotopic (exact) mass is 789 g/mol. The zero-order chi connectivity index (χ0) is 40.1. The Hall–Kier alpha value is -7.63. The highest BCUT2D eigenvalue weighted by Gasteiger charge is 2.70. The molecule has 6 unspecified atom stereocenters. The van der Waals surface area contributed by atoms with Crippen molar-refractivity contribution >= 4 is 60.7 Å². The molecule has 5 nitrogen and oxygen atoms in total. The van der Waals surface area contributed by atoms with Gasteiger partial charge in [-0.1, -0.05) is 115 Å². The van der Waals surface area contributed by atoms with Crippen LogP contribution in [0.5, 0.6) is 0 Å². The van der Waals surface area contributed by atoms with Crippen LogP contribution in [0.3, 0.4) is 0 Å². The molecule has 0 fully saturated rings. The molecule has 0 saturated carbocycles. The summed E-state index contributed by atoms with van der Waals surface area (Å²) in [6, 6.07) is 56.7. The van der Waals surface area contributed by atoms with Gasteiger partial charge in [-0.15, -0.1) is 0 Å². The van der Waals surface area contributed by atoms with Gasteiger partial charge in [-0.2, -0.15) is 0 Å². The van der Waals surface area contributed by atoms with Crippen LogP contribution in [0.25, 0.3) is 54.8 Å². The highest BCUT2D eigenvalue weighted by Crippen LogP contribution is 2.75. The van der Waals surface area contributed by atoms with Crippen molar-refractivity contribution in [3.63, 3.8) is 0 Å². The maximum Gasteiger partial charge on any atom is 0.171 e. The van der Waals surface area contributed by atoms with E-state index in [0.717, 1.165) is 88.2 Å². The number of para-hydroxylation sites is 1. The molecule has 5 heteroatoms. The minimum absolute atomic E-state index is 0.0719. The number of hydrogen-bond acceptors (Lipinski definition) is 3. The quantitative estimate of drug-likeness (QED) is 0.166. The lowest BCUT2D eigenvalue weighted by Crippen LogP contribution is -2.61. The molecule has 0 saturated heterocycles. The summed E-state index contributed by atoms with van der Waals surface area (Å²) in [4.78, 5) is 35.6. The van der Waals surface area contributed by atoms with Crippen molar-refractivity contribution < 1.29 is 9.59 Å². The number of hydrogen-bond donors (Lipinski definition) is 0. The summed E-state index contributed by atoms with van der Waals surface area (Å²) in [5, 5.41) is 4.47. The van der Waals surface area contributed by atoms with Crippen molar-refractivity contribution in [2.24, 2.45) is 0 Å². The molecule has 0 radical (unpaired) electrons. The van der Waals surface area contributed by atoms with Gasteiger partial charge in [-0.25, -0.2) is 4.98 Å². The molecule has 0 N–H and O–H groups in total. The zero-order valence-corrected chi connectivity index (χ0v) is 33.1. The smallest absolute Gasteiger partial charge is 0.171 e. The molecule has 6 atom stereocenters.